The number of aryl methyl sites for hydroxylation is 1. The van der Waals surface area contributed by atoms with Crippen LogP contribution in [0, 0.1) is 6.92 Å². The number of furan rings is 1. The number of ether oxygens (including phenoxy) is 1. The molecule has 0 radical (unpaired) electrons. The van der Waals surface area contributed by atoms with Crippen molar-refractivity contribution in [3.05, 3.63) is 65.4 Å². The average Bonchev–Trinajstić information content (AvgIpc) is 3.06. The van der Waals surface area contributed by atoms with E-state index < -0.39 is 5.60 Å². The lowest BCUT2D eigenvalue weighted by Gasteiger charge is -2.43. The number of hydrogen-bond acceptors (Lipinski definition) is 4. The molecule has 0 atom stereocenters. The van der Waals surface area contributed by atoms with E-state index in [4.69, 9.17) is 9.15 Å². The first-order valence-corrected chi connectivity index (χ1v) is 11.6. The monoisotopic (exact) mass is 446 g/mol. The Hall–Kier alpha value is -3.28. The Morgan fingerprint density at radius 1 is 1.06 bits per heavy atom. The van der Waals surface area contributed by atoms with E-state index >= 15 is 0 Å². The Morgan fingerprint density at radius 3 is 2.48 bits per heavy atom. The van der Waals surface area contributed by atoms with Gasteiger partial charge in [0.1, 0.15) is 16.9 Å². The summed E-state index contributed by atoms with van der Waals surface area (Å²) in [6.07, 6.45) is 3.20. The lowest BCUT2D eigenvalue weighted by Crippen LogP contribution is -2.52. The Kier molecular flexibility index (Phi) is 5.39. The van der Waals surface area contributed by atoms with Crippen molar-refractivity contribution in [2.75, 3.05) is 13.6 Å². The molecule has 2 aliphatic rings. The molecule has 6 heteroatoms. The van der Waals surface area contributed by atoms with E-state index in [9.17, 15) is 9.59 Å². The maximum absolute atomic E-state index is 13.3. The number of hydrogen-bond donors (Lipinski definition) is 0. The SMILES string of the molecule is CC(=O)N1Cc2ccccc2OC2(CCC(N(C)C(=O)c3oc4ccccc4c3C)CC2)C1. The van der Waals surface area contributed by atoms with Gasteiger partial charge in [-0.2, -0.15) is 0 Å². The predicted octanol–water partition coefficient (Wildman–Crippen LogP) is 4.94. The minimum absolute atomic E-state index is 0.0597. The van der Waals surface area contributed by atoms with Gasteiger partial charge in [-0.25, -0.2) is 0 Å². The quantitative estimate of drug-likeness (QED) is 0.560. The Bertz CT molecular complexity index is 1210. The molecule has 2 heterocycles. The van der Waals surface area contributed by atoms with Crippen LogP contribution in [-0.4, -0.2) is 46.8 Å². The molecule has 1 aliphatic carbocycles. The third-order valence-corrected chi connectivity index (χ3v) is 7.36. The van der Waals surface area contributed by atoms with Crippen molar-refractivity contribution in [2.24, 2.45) is 0 Å². The second-order valence-corrected chi connectivity index (χ2v) is 9.47. The highest BCUT2D eigenvalue weighted by Crippen LogP contribution is 2.39. The summed E-state index contributed by atoms with van der Waals surface area (Å²) in [7, 11) is 1.86. The van der Waals surface area contributed by atoms with Crippen LogP contribution in [0.2, 0.25) is 0 Å². The van der Waals surface area contributed by atoms with Gasteiger partial charge in [0.15, 0.2) is 5.76 Å². The van der Waals surface area contributed by atoms with Crippen molar-refractivity contribution in [1.29, 1.82) is 0 Å². The summed E-state index contributed by atoms with van der Waals surface area (Å²) in [6, 6.07) is 15.8. The average molecular weight is 447 g/mol. The van der Waals surface area contributed by atoms with Crippen LogP contribution in [0.5, 0.6) is 5.75 Å². The van der Waals surface area contributed by atoms with Crippen LogP contribution in [0.15, 0.2) is 52.9 Å². The molecule has 1 aromatic heterocycles. The molecule has 172 valence electrons. The third-order valence-electron chi connectivity index (χ3n) is 7.36. The molecule has 2 amide bonds. The molecule has 0 unspecified atom stereocenters. The van der Waals surface area contributed by atoms with Gasteiger partial charge in [-0.3, -0.25) is 9.59 Å². The van der Waals surface area contributed by atoms with Crippen molar-refractivity contribution < 1.29 is 18.7 Å². The number of nitrogens with zero attached hydrogens (tertiary/aromatic N) is 2. The van der Waals surface area contributed by atoms with Gasteiger partial charge in [-0.1, -0.05) is 36.4 Å². The van der Waals surface area contributed by atoms with Crippen LogP contribution >= 0.6 is 0 Å². The molecule has 5 rings (SSSR count). The van der Waals surface area contributed by atoms with Gasteiger partial charge in [0.05, 0.1) is 6.54 Å². The fraction of sp³-hybridized carbons (Fsp3) is 0.407. The number of para-hydroxylation sites is 2. The number of rotatable bonds is 2. The number of amides is 2. The van der Waals surface area contributed by atoms with Crippen molar-refractivity contribution >= 4 is 22.8 Å². The number of benzene rings is 2. The molecule has 1 spiro atoms. The van der Waals surface area contributed by atoms with Gasteiger partial charge in [0, 0.05) is 43.1 Å². The Morgan fingerprint density at radius 2 is 1.76 bits per heavy atom. The minimum Gasteiger partial charge on any atom is -0.485 e. The largest absolute Gasteiger partial charge is 0.485 e. The summed E-state index contributed by atoms with van der Waals surface area (Å²) in [6.45, 7) is 4.70. The van der Waals surface area contributed by atoms with Crippen LogP contribution in [-0.2, 0) is 11.3 Å². The minimum atomic E-state index is -0.423. The van der Waals surface area contributed by atoms with Gasteiger partial charge in [0.25, 0.3) is 5.91 Å². The summed E-state index contributed by atoms with van der Waals surface area (Å²) in [5, 5.41) is 0.978. The molecule has 3 aromatic rings. The second kappa shape index (κ2) is 8.25. The molecule has 33 heavy (non-hydrogen) atoms. The highest BCUT2D eigenvalue weighted by atomic mass is 16.5. The molecular weight excluding hydrogens is 416 g/mol. The molecule has 0 saturated heterocycles. The first-order valence-electron chi connectivity index (χ1n) is 11.6. The number of carbonyl (C=O) groups excluding carboxylic acids is 2. The summed E-state index contributed by atoms with van der Waals surface area (Å²) < 4.78 is 12.5. The van der Waals surface area contributed by atoms with Gasteiger partial charge in [0.2, 0.25) is 5.91 Å². The van der Waals surface area contributed by atoms with Crippen LogP contribution in [0.3, 0.4) is 0 Å². The van der Waals surface area contributed by atoms with Gasteiger partial charge in [-0.15, -0.1) is 0 Å². The van der Waals surface area contributed by atoms with Crippen molar-refractivity contribution in [3.63, 3.8) is 0 Å². The van der Waals surface area contributed by atoms with E-state index in [2.05, 4.69) is 0 Å². The topological polar surface area (TPSA) is 63.0 Å². The highest BCUT2D eigenvalue weighted by molar-refractivity contribution is 5.98. The van der Waals surface area contributed by atoms with Gasteiger partial charge < -0.3 is 19.0 Å². The fourth-order valence-electron chi connectivity index (χ4n) is 5.31. The van der Waals surface area contributed by atoms with Crippen LogP contribution < -0.4 is 4.74 Å². The third kappa shape index (κ3) is 3.88. The fourth-order valence-corrected chi connectivity index (χ4v) is 5.31. The maximum Gasteiger partial charge on any atom is 0.289 e. The standard InChI is InChI=1S/C27H30N2O4/c1-18-22-9-5-7-11-24(22)32-25(18)26(31)28(3)21-12-14-27(15-13-21)17-29(19(2)30)16-20-8-4-6-10-23(20)33-27/h4-11,21H,12-17H2,1-3H3. The summed E-state index contributed by atoms with van der Waals surface area (Å²) in [5.74, 6) is 1.26. The van der Waals surface area contributed by atoms with Crippen molar-refractivity contribution in [1.82, 2.24) is 9.80 Å². The normalized spacial score (nSPS) is 22.5. The van der Waals surface area contributed by atoms with E-state index in [1.54, 1.807) is 6.92 Å². The second-order valence-electron chi connectivity index (χ2n) is 9.47. The van der Waals surface area contributed by atoms with E-state index in [1.165, 1.54) is 0 Å². The van der Waals surface area contributed by atoms with Crippen LogP contribution in [0.1, 0.15) is 54.3 Å². The number of carbonyl (C=O) groups is 2. The number of fused-ring (bicyclic) bond motifs is 2. The van der Waals surface area contributed by atoms with E-state index in [-0.39, 0.29) is 17.9 Å². The highest BCUT2D eigenvalue weighted by Gasteiger charge is 2.43. The lowest BCUT2D eigenvalue weighted by atomic mass is 9.81. The summed E-state index contributed by atoms with van der Waals surface area (Å²) in [5.41, 5.74) is 2.24. The first-order chi connectivity index (χ1) is 15.9. The molecular formula is C27H30N2O4. The van der Waals surface area contributed by atoms with Gasteiger partial charge >= 0.3 is 0 Å². The van der Waals surface area contributed by atoms with Gasteiger partial charge in [-0.05, 0) is 44.7 Å². The molecule has 6 nitrogen and oxygen atoms in total. The molecule has 2 aromatic carbocycles. The first kappa shape index (κ1) is 21.6. The van der Waals surface area contributed by atoms with Crippen LogP contribution in [0.25, 0.3) is 11.0 Å². The summed E-state index contributed by atoms with van der Waals surface area (Å²) in [4.78, 5) is 29.3. The molecule has 0 N–H and O–H groups in total. The van der Waals surface area contributed by atoms with Crippen LogP contribution in [0.4, 0.5) is 0 Å². The van der Waals surface area contributed by atoms with Crippen molar-refractivity contribution in [2.45, 2.75) is 57.7 Å². The Balaban J connectivity index is 1.34. The predicted molar refractivity (Wildman–Crippen MR) is 126 cm³/mol. The van der Waals surface area contributed by atoms with E-state index in [1.807, 2.05) is 72.3 Å². The summed E-state index contributed by atoms with van der Waals surface area (Å²) >= 11 is 0. The zero-order valence-electron chi connectivity index (χ0n) is 19.5. The molecule has 1 saturated carbocycles. The molecule has 1 aliphatic heterocycles. The smallest absolute Gasteiger partial charge is 0.289 e. The zero-order chi connectivity index (χ0) is 23.2. The maximum atomic E-state index is 13.3. The van der Waals surface area contributed by atoms with E-state index in [0.29, 0.717) is 18.8 Å². The lowest BCUT2D eigenvalue weighted by molar-refractivity contribution is -0.132. The Labute approximate surface area is 194 Å². The van der Waals surface area contributed by atoms with Crippen molar-refractivity contribution in [3.8, 4) is 5.75 Å². The molecule has 1 fully saturated rings. The van der Waals surface area contributed by atoms with E-state index in [0.717, 1.165) is 53.5 Å². The molecule has 0 bridgehead atoms. The zero-order valence-corrected chi connectivity index (χ0v) is 19.5.